The summed E-state index contributed by atoms with van der Waals surface area (Å²) in [5.74, 6) is 0.493. The second-order valence-corrected chi connectivity index (χ2v) is 14.4. The normalized spacial score (nSPS) is 16.9. The first-order valence-corrected chi connectivity index (χ1v) is 13.9. The molecule has 1 fully saturated rings. The van der Waals surface area contributed by atoms with Gasteiger partial charge in [-0.05, 0) is 40.2 Å². The summed E-state index contributed by atoms with van der Waals surface area (Å²) >= 11 is 0. The van der Waals surface area contributed by atoms with Crippen LogP contribution in [0.25, 0.3) is 0 Å². The van der Waals surface area contributed by atoms with E-state index in [0.717, 1.165) is 0 Å². The van der Waals surface area contributed by atoms with E-state index in [2.05, 4.69) is 51.1 Å². The van der Waals surface area contributed by atoms with Crippen molar-refractivity contribution in [3.8, 4) is 0 Å². The number of allylic oxidation sites excluding steroid dienone is 2. The monoisotopic (exact) mass is 450 g/mol. The maximum Gasteiger partial charge on any atom is 0.261 e. The first-order valence-electron chi connectivity index (χ1n) is 12.0. The van der Waals surface area contributed by atoms with E-state index >= 15 is 0 Å². The summed E-state index contributed by atoms with van der Waals surface area (Å²) in [5, 5.41) is 12.9. The van der Waals surface area contributed by atoms with Crippen molar-refractivity contribution in [2.24, 2.45) is 5.92 Å². The molecular weight excluding hydrogens is 412 g/mol. The summed E-state index contributed by atoms with van der Waals surface area (Å²) < 4.78 is 6.74. The van der Waals surface area contributed by atoms with Crippen molar-refractivity contribution in [1.82, 2.24) is 0 Å². The van der Waals surface area contributed by atoms with Crippen LogP contribution in [-0.4, -0.2) is 31.9 Å². The van der Waals surface area contributed by atoms with Gasteiger partial charge in [-0.25, -0.2) is 0 Å². The van der Waals surface area contributed by atoms with Gasteiger partial charge in [0, 0.05) is 6.42 Å². The van der Waals surface area contributed by atoms with Crippen molar-refractivity contribution in [2.75, 3.05) is 6.61 Å². The Balaban J connectivity index is 1.75. The molecule has 0 amide bonds. The molecule has 3 rings (SSSR count). The molecule has 3 nitrogen and oxygen atoms in total. The summed E-state index contributed by atoms with van der Waals surface area (Å²) in [4.78, 5) is 12.5. The van der Waals surface area contributed by atoms with Crippen LogP contribution in [0.1, 0.15) is 59.3 Å². The van der Waals surface area contributed by atoms with Gasteiger partial charge < -0.3 is 9.53 Å². The number of aliphatic hydroxyl groups is 1. The molecular formula is C28H38O3Si. The summed E-state index contributed by atoms with van der Waals surface area (Å²) in [6.07, 6.45) is 9.15. The third-order valence-corrected chi connectivity index (χ3v) is 11.6. The average molecular weight is 451 g/mol. The van der Waals surface area contributed by atoms with Gasteiger partial charge in [-0.3, -0.25) is 4.79 Å². The highest BCUT2D eigenvalue weighted by atomic mass is 28.4. The molecule has 0 saturated heterocycles. The standard InChI is InChI=1S/C28H38O3Si/c1-28(2,3)32(26-15-9-5-10-16-26,27-17-11-6-12-18-27)31-22-25(30)21-24(29)20-19-23-13-7-4-8-14-23/h5-6,9-12,15-20,23,25,30H,4,7-8,13-14,21-22H2,1-3H3/b20-19+/t25-/m0/s1. The van der Waals surface area contributed by atoms with Crippen molar-refractivity contribution in [1.29, 1.82) is 0 Å². The molecule has 0 heterocycles. The molecule has 0 unspecified atom stereocenters. The Morgan fingerprint density at radius 2 is 1.53 bits per heavy atom. The van der Waals surface area contributed by atoms with Crippen molar-refractivity contribution >= 4 is 24.5 Å². The molecule has 32 heavy (non-hydrogen) atoms. The zero-order chi connectivity index (χ0) is 23.0. The van der Waals surface area contributed by atoms with Gasteiger partial charge in [0.15, 0.2) is 5.78 Å². The lowest BCUT2D eigenvalue weighted by Crippen LogP contribution is -2.67. The fourth-order valence-electron chi connectivity index (χ4n) is 4.91. The summed E-state index contributed by atoms with van der Waals surface area (Å²) in [7, 11) is -2.70. The molecule has 1 aliphatic carbocycles. The Morgan fingerprint density at radius 1 is 1.00 bits per heavy atom. The van der Waals surface area contributed by atoms with Crippen LogP contribution < -0.4 is 10.4 Å². The Labute approximate surface area is 194 Å². The molecule has 0 aromatic heterocycles. The van der Waals surface area contributed by atoms with E-state index in [9.17, 15) is 9.90 Å². The van der Waals surface area contributed by atoms with Crippen molar-refractivity contribution in [2.45, 2.75) is 70.4 Å². The third-order valence-electron chi connectivity index (χ3n) is 6.55. The molecule has 172 valence electrons. The van der Waals surface area contributed by atoms with Gasteiger partial charge in [-0.15, -0.1) is 0 Å². The van der Waals surface area contributed by atoms with Crippen molar-refractivity contribution < 1.29 is 14.3 Å². The SMILES string of the molecule is CC(C)(C)[Si](OC[C@@H](O)CC(=O)/C=C/C1CCCCC1)(c1ccccc1)c1ccccc1. The maximum atomic E-state index is 12.5. The van der Waals surface area contributed by atoms with Crippen LogP contribution in [0.2, 0.25) is 5.04 Å². The Hall–Kier alpha value is -2.01. The highest BCUT2D eigenvalue weighted by Gasteiger charge is 2.50. The second-order valence-electron chi connectivity index (χ2n) is 10.1. The van der Waals surface area contributed by atoms with Gasteiger partial charge in [0.2, 0.25) is 0 Å². The molecule has 1 aliphatic rings. The van der Waals surface area contributed by atoms with Crippen LogP contribution >= 0.6 is 0 Å². The molecule has 0 radical (unpaired) electrons. The van der Waals surface area contributed by atoms with Crippen molar-refractivity contribution in [3.05, 3.63) is 72.8 Å². The Bertz CT molecular complexity index is 825. The van der Waals surface area contributed by atoms with Gasteiger partial charge in [0.25, 0.3) is 8.32 Å². The quantitative estimate of drug-likeness (QED) is 0.431. The fourth-order valence-corrected chi connectivity index (χ4v) is 9.51. The number of hydrogen-bond donors (Lipinski definition) is 1. The molecule has 1 N–H and O–H groups in total. The minimum atomic E-state index is -2.70. The highest BCUT2D eigenvalue weighted by Crippen LogP contribution is 2.36. The minimum Gasteiger partial charge on any atom is -0.405 e. The van der Waals surface area contributed by atoms with Crippen molar-refractivity contribution in [3.63, 3.8) is 0 Å². The van der Waals surface area contributed by atoms with E-state index in [1.807, 2.05) is 36.4 Å². The van der Waals surface area contributed by atoms with Crippen LogP contribution in [0.4, 0.5) is 0 Å². The summed E-state index contributed by atoms with van der Waals surface area (Å²) in [6.45, 7) is 6.79. The molecule has 0 bridgehead atoms. The van der Waals surface area contributed by atoms with Gasteiger partial charge in [-0.1, -0.05) is 107 Å². The molecule has 0 spiro atoms. The summed E-state index contributed by atoms with van der Waals surface area (Å²) in [5.41, 5.74) is 0. The number of benzene rings is 2. The number of hydrogen-bond acceptors (Lipinski definition) is 3. The molecule has 2 aromatic rings. The van der Waals surface area contributed by atoms with E-state index in [-0.39, 0.29) is 23.8 Å². The highest BCUT2D eigenvalue weighted by molar-refractivity contribution is 6.99. The maximum absolute atomic E-state index is 12.5. The van der Waals surface area contributed by atoms with Gasteiger partial charge in [0.1, 0.15) is 0 Å². The molecule has 1 saturated carbocycles. The van der Waals surface area contributed by atoms with E-state index in [1.54, 1.807) is 6.08 Å². The lowest BCUT2D eigenvalue weighted by Gasteiger charge is -2.43. The van der Waals surface area contributed by atoms with Crippen LogP contribution in [0, 0.1) is 5.92 Å². The minimum absolute atomic E-state index is 0.0193. The van der Waals surface area contributed by atoms with Gasteiger partial charge in [-0.2, -0.15) is 0 Å². The zero-order valence-corrected chi connectivity index (χ0v) is 20.8. The van der Waals surface area contributed by atoms with Gasteiger partial charge in [0.05, 0.1) is 12.7 Å². The molecule has 4 heteroatoms. The first-order chi connectivity index (χ1) is 15.3. The van der Waals surface area contributed by atoms with E-state index < -0.39 is 14.4 Å². The largest absolute Gasteiger partial charge is 0.405 e. The van der Waals surface area contributed by atoms with Gasteiger partial charge >= 0.3 is 0 Å². The molecule has 0 aliphatic heterocycles. The van der Waals surface area contributed by atoms with E-state index in [0.29, 0.717) is 5.92 Å². The number of carbonyl (C=O) groups excluding carboxylic acids is 1. The number of aliphatic hydroxyl groups excluding tert-OH is 1. The Morgan fingerprint density at radius 3 is 2.03 bits per heavy atom. The average Bonchev–Trinajstić information content (AvgIpc) is 2.79. The smallest absolute Gasteiger partial charge is 0.261 e. The zero-order valence-electron chi connectivity index (χ0n) is 19.8. The van der Waals surface area contributed by atoms with Crippen LogP contribution in [0.5, 0.6) is 0 Å². The number of ketones is 1. The fraction of sp³-hybridized carbons (Fsp3) is 0.464. The number of carbonyl (C=O) groups is 1. The molecule has 1 atom stereocenters. The third kappa shape index (κ3) is 6.06. The number of rotatable bonds is 9. The first kappa shape index (κ1) is 24.6. The van der Waals surface area contributed by atoms with Crippen LogP contribution in [0.15, 0.2) is 72.8 Å². The Kier molecular flexibility index (Phi) is 8.63. The van der Waals surface area contributed by atoms with E-state index in [1.165, 1.54) is 42.5 Å². The predicted octanol–water partition coefficient (Wildman–Crippen LogP) is 5.02. The van der Waals surface area contributed by atoms with Crippen LogP contribution in [-0.2, 0) is 9.22 Å². The lowest BCUT2D eigenvalue weighted by atomic mass is 9.89. The topological polar surface area (TPSA) is 46.5 Å². The summed E-state index contributed by atoms with van der Waals surface area (Å²) in [6, 6.07) is 20.8. The van der Waals surface area contributed by atoms with E-state index in [4.69, 9.17) is 4.43 Å². The second kappa shape index (κ2) is 11.2. The molecule has 2 aromatic carbocycles. The predicted molar refractivity (Wildman–Crippen MR) is 135 cm³/mol. The lowest BCUT2D eigenvalue weighted by molar-refractivity contribution is -0.116. The van der Waals surface area contributed by atoms with Crippen LogP contribution in [0.3, 0.4) is 0 Å².